The number of sulfonamides is 1. The Labute approximate surface area is 119 Å². The fourth-order valence-electron chi connectivity index (χ4n) is 2.54. The fraction of sp³-hybridized carbons (Fsp3) is 0.500. The summed E-state index contributed by atoms with van der Waals surface area (Å²) >= 11 is 0. The van der Waals surface area contributed by atoms with Gasteiger partial charge in [-0.15, -0.1) is 0 Å². The van der Waals surface area contributed by atoms with Crippen molar-refractivity contribution in [2.75, 3.05) is 20.2 Å². The zero-order valence-corrected chi connectivity index (χ0v) is 12.7. The first-order valence-electron chi connectivity index (χ1n) is 6.51. The van der Waals surface area contributed by atoms with Gasteiger partial charge in [0.15, 0.2) is 0 Å². The molecule has 0 N–H and O–H groups in total. The first kappa shape index (κ1) is 15.0. The number of rotatable bonds is 3. The summed E-state index contributed by atoms with van der Waals surface area (Å²) in [5.41, 5.74) is 1.82. The third kappa shape index (κ3) is 2.86. The number of carbonyl (C=O) groups excluding carboxylic acids is 1. The van der Waals surface area contributed by atoms with Crippen LogP contribution >= 0.6 is 0 Å². The first-order valence-corrected chi connectivity index (χ1v) is 7.95. The van der Waals surface area contributed by atoms with Crippen LogP contribution in [0, 0.1) is 19.8 Å². The molecule has 110 valence electrons. The van der Waals surface area contributed by atoms with Crippen LogP contribution in [0.25, 0.3) is 0 Å². The Morgan fingerprint density at radius 1 is 1.25 bits per heavy atom. The molecule has 1 aliphatic rings. The lowest BCUT2D eigenvalue weighted by atomic mass is 10.1. The number of aryl methyl sites for hydroxylation is 2. The second-order valence-corrected chi connectivity index (χ2v) is 7.13. The molecule has 2 rings (SSSR count). The summed E-state index contributed by atoms with van der Waals surface area (Å²) in [5.74, 6) is -0.705. The molecule has 0 aliphatic carbocycles. The minimum absolute atomic E-state index is 0.196. The van der Waals surface area contributed by atoms with Crippen LogP contribution in [0.4, 0.5) is 0 Å². The molecule has 0 amide bonds. The van der Waals surface area contributed by atoms with Crippen molar-refractivity contribution in [1.82, 2.24) is 4.31 Å². The quantitative estimate of drug-likeness (QED) is 0.793. The van der Waals surface area contributed by atoms with Crippen LogP contribution in [0.5, 0.6) is 0 Å². The van der Waals surface area contributed by atoms with E-state index in [1.807, 2.05) is 19.9 Å². The van der Waals surface area contributed by atoms with Gasteiger partial charge in [-0.2, -0.15) is 4.31 Å². The Bertz CT molecular complexity index is 604. The number of ether oxygens (including phenoxy) is 1. The van der Waals surface area contributed by atoms with Crippen molar-refractivity contribution in [2.24, 2.45) is 5.92 Å². The van der Waals surface area contributed by atoms with Gasteiger partial charge >= 0.3 is 5.97 Å². The highest BCUT2D eigenvalue weighted by atomic mass is 32.2. The predicted octanol–water partition coefficient (Wildman–Crippen LogP) is 1.49. The summed E-state index contributed by atoms with van der Waals surface area (Å²) in [6.07, 6.45) is 0.511. The van der Waals surface area contributed by atoms with E-state index in [0.717, 1.165) is 11.1 Å². The van der Waals surface area contributed by atoms with Gasteiger partial charge in [-0.1, -0.05) is 6.07 Å². The van der Waals surface area contributed by atoms with E-state index in [1.54, 1.807) is 12.1 Å². The standard InChI is InChI=1S/C14H19NO4S/c1-10-6-11(2)8-13(7-10)20(17,18)15-5-4-12(9-15)14(16)19-3/h6-8,12H,4-5,9H2,1-3H3. The molecular weight excluding hydrogens is 278 g/mol. The van der Waals surface area contributed by atoms with Crippen LogP contribution in [0.1, 0.15) is 17.5 Å². The van der Waals surface area contributed by atoms with E-state index < -0.39 is 10.0 Å². The van der Waals surface area contributed by atoms with Crippen LogP contribution in [0.15, 0.2) is 23.1 Å². The predicted molar refractivity (Wildman–Crippen MR) is 74.8 cm³/mol. The third-order valence-electron chi connectivity index (χ3n) is 3.52. The Morgan fingerprint density at radius 2 is 1.85 bits per heavy atom. The van der Waals surface area contributed by atoms with Crippen LogP contribution in [0.2, 0.25) is 0 Å². The molecule has 0 radical (unpaired) electrons. The average molecular weight is 297 g/mol. The molecule has 0 aromatic heterocycles. The normalized spacial score (nSPS) is 20.1. The highest BCUT2D eigenvalue weighted by Crippen LogP contribution is 2.26. The maximum Gasteiger partial charge on any atom is 0.310 e. The second kappa shape index (κ2) is 5.54. The van der Waals surface area contributed by atoms with Gasteiger partial charge in [-0.25, -0.2) is 8.42 Å². The molecular formula is C14H19NO4S. The number of benzene rings is 1. The molecule has 6 heteroatoms. The number of carbonyl (C=O) groups is 1. The summed E-state index contributed by atoms with van der Waals surface area (Å²) in [6.45, 7) is 4.29. The molecule has 0 saturated carbocycles. The summed E-state index contributed by atoms with van der Waals surface area (Å²) in [6, 6.07) is 5.25. The van der Waals surface area contributed by atoms with Crippen LogP contribution in [-0.4, -0.2) is 38.9 Å². The molecule has 1 aromatic carbocycles. The van der Waals surface area contributed by atoms with Gasteiger partial charge in [0.25, 0.3) is 0 Å². The van der Waals surface area contributed by atoms with Crippen molar-refractivity contribution in [3.8, 4) is 0 Å². The van der Waals surface area contributed by atoms with Gasteiger partial charge in [0.05, 0.1) is 17.9 Å². The summed E-state index contributed by atoms with van der Waals surface area (Å²) in [4.78, 5) is 11.8. The highest BCUT2D eigenvalue weighted by Gasteiger charge is 2.36. The summed E-state index contributed by atoms with van der Waals surface area (Å²) in [7, 11) is -2.21. The summed E-state index contributed by atoms with van der Waals surface area (Å²) in [5, 5.41) is 0. The minimum Gasteiger partial charge on any atom is -0.469 e. The van der Waals surface area contributed by atoms with Crippen molar-refractivity contribution in [3.63, 3.8) is 0 Å². The maximum absolute atomic E-state index is 12.6. The molecule has 0 spiro atoms. The molecule has 1 unspecified atom stereocenters. The monoisotopic (exact) mass is 297 g/mol. The van der Waals surface area contributed by atoms with Gasteiger partial charge in [0, 0.05) is 13.1 Å². The number of hydrogen-bond donors (Lipinski definition) is 0. The van der Waals surface area contributed by atoms with Gasteiger partial charge in [-0.05, 0) is 43.5 Å². The second-order valence-electron chi connectivity index (χ2n) is 5.20. The van der Waals surface area contributed by atoms with E-state index in [9.17, 15) is 13.2 Å². The van der Waals surface area contributed by atoms with E-state index in [-0.39, 0.29) is 18.4 Å². The first-order chi connectivity index (χ1) is 9.34. The Morgan fingerprint density at radius 3 is 2.40 bits per heavy atom. The van der Waals surface area contributed by atoms with E-state index in [4.69, 9.17) is 0 Å². The lowest BCUT2D eigenvalue weighted by Crippen LogP contribution is -2.30. The topological polar surface area (TPSA) is 63.7 Å². The van der Waals surface area contributed by atoms with Crippen LogP contribution in [-0.2, 0) is 19.6 Å². The van der Waals surface area contributed by atoms with Gasteiger partial charge in [-0.3, -0.25) is 4.79 Å². The Balaban J connectivity index is 2.26. The van der Waals surface area contributed by atoms with Gasteiger partial charge in [0.1, 0.15) is 0 Å². The third-order valence-corrected chi connectivity index (χ3v) is 5.36. The van der Waals surface area contributed by atoms with E-state index >= 15 is 0 Å². The van der Waals surface area contributed by atoms with Gasteiger partial charge in [0.2, 0.25) is 10.0 Å². The van der Waals surface area contributed by atoms with Crippen molar-refractivity contribution in [2.45, 2.75) is 25.2 Å². The average Bonchev–Trinajstić information content (AvgIpc) is 2.86. The molecule has 1 saturated heterocycles. The number of esters is 1. The lowest BCUT2D eigenvalue weighted by molar-refractivity contribution is -0.144. The van der Waals surface area contributed by atoms with E-state index in [0.29, 0.717) is 17.9 Å². The minimum atomic E-state index is -3.53. The number of nitrogens with zero attached hydrogens (tertiary/aromatic N) is 1. The highest BCUT2D eigenvalue weighted by molar-refractivity contribution is 7.89. The van der Waals surface area contributed by atoms with Crippen molar-refractivity contribution in [1.29, 1.82) is 0 Å². The van der Waals surface area contributed by atoms with Gasteiger partial charge < -0.3 is 4.74 Å². The van der Waals surface area contributed by atoms with Crippen LogP contribution in [0.3, 0.4) is 0 Å². The zero-order valence-electron chi connectivity index (χ0n) is 11.9. The fourth-order valence-corrected chi connectivity index (χ4v) is 4.23. The molecule has 1 atom stereocenters. The largest absolute Gasteiger partial charge is 0.469 e. The zero-order chi connectivity index (χ0) is 14.9. The number of methoxy groups -OCH3 is 1. The Kier molecular flexibility index (Phi) is 4.15. The molecule has 1 heterocycles. The number of hydrogen-bond acceptors (Lipinski definition) is 4. The summed E-state index contributed by atoms with van der Waals surface area (Å²) < 4.78 is 31.2. The molecule has 1 aromatic rings. The van der Waals surface area contributed by atoms with Crippen molar-refractivity contribution < 1.29 is 17.9 Å². The Hall–Kier alpha value is -1.40. The van der Waals surface area contributed by atoms with E-state index in [2.05, 4.69) is 4.74 Å². The molecule has 0 bridgehead atoms. The molecule has 5 nitrogen and oxygen atoms in total. The maximum atomic E-state index is 12.6. The SMILES string of the molecule is COC(=O)C1CCN(S(=O)(=O)c2cc(C)cc(C)c2)C1. The molecule has 1 aliphatic heterocycles. The van der Waals surface area contributed by atoms with Crippen LogP contribution < -0.4 is 0 Å². The van der Waals surface area contributed by atoms with Crippen molar-refractivity contribution in [3.05, 3.63) is 29.3 Å². The van der Waals surface area contributed by atoms with E-state index in [1.165, 1.54) is 11.4 Å². The van der Waals surface area contributed by atoms with Crippen molar-refractivity contribution >= 4 is 16.0 Å². The smallest absolute Gasteiger partial charge is 0.310 e. The lowest BCUT2D eigenvalue weighted by Gasteiger charge is -2.17. The molecule has 20 heavy (non-hydrogen) atoms. The molecule has 1 fully saturated rings.